The number of hydrazone groups is 1. The molecule has 0 spiro atoms. The van der Waals surface area contributed by atoms with Gasteiger partial charge in [0.2, 0.25) is 5.82 Å². The van der Waals surface area contributed by atoms with Crippen molar-refractivity contribution in [2.24, 2.45) is 5.10 Å². The molecule has 1 amide bonds. The topological polar surface area (TPSA) is 128 Å². The summed E-state index contributed by atoms with van der Waals surface area (Å²) >= 11 is 3.41. The minimum absolute atomic E-state index is 0.0179. The molecular weight excluding hydrogens is 494 g/mol. The second-order valence-corrected chi connectivity index (χ2v) is 7.59. The smallest absolute Gasteiger partial charge is 0.313 e. The Hall–Kier alpha value is -3.99. The van der Waals surface area contributed by atoms with Crippen LogP contribution in [-0.4, -0.2) is 35.7 Å². The van der Waals surface area contributed by atoms with Gasteiger partial charge in [-0.2, -0.15) is 5.10 Å². The molecule has 0 aliphatic carbocycles. The summed E-state index contributed by atoms with van der Waals surface area (Å²) in [6, 6.07) is 13.6. The lowest BCUT2D eigenvalue weighted by Gasteiger charge is -2.13. The van der Waals surface area contributed by atoms with E-state index in [1.807, 2.05) is 31.2 Å². The quantitative estimate of drug-likeness (QED) is 0.244. The predicted octanol–water partition coefficient (Wildman–Crippen LogP) is 4.53. The van der Waals surface area contributed by atoms with E-state index >= 15 is 0 Å². The lowest BCUT2D eigenvalue weighted by atomic mass is 10.2. The van der Waals surface area contributed by atoms with Crippen LogP contribution in [0, 0.1) is 17.0 Å². The average molecular weight is 514 g/mol. The monoisotopic (exact) mass is 513 g/mol. The zero-order chi connectivity index (χ0) is 23.8. The van der Waals surface area contributed by atoms with Crippen LogP contribution in [0.25, 0.3) is 0 Å². The minimum Gasteiger partial charge on any atom is -0.493 e. The number of nitrogens with zero attached hydrogens (tertiary/aromatic N) is 3. The van der Waals surface area contributed by atoms with E-state index in [2.05, 4.69) is 36.8 Å². The fraction of sp³-hybridized carbons (Fsp3) is 0.136. The molecule has 0 saturated carbocycles. The van der Waals surface area contributed by atoms with Gasteiger partial charge in [0.25, 0.3) is 5.91 Å². The molecule has 0 saturated heterocycles. The standard InChI is InChI=1S/C22H20BrN5O5/c1-14-5-7-16(8-6-14)26-20(29)13-33-21-17(23)10-15(11-19(21)32-2)12-25-27-22-18(28(30)31)4-3-9-24-22/h3-12H,13H2,1-2H3,(H,24,27)(H,26,29)/b25-12-. The number of hydrogen-bond donors (Lipinski definition) is 2. The average Bonchev–Trinajstić information content (AvgIpc) is 2.79. The van der Waals surface area contributed by atoms with Gasteiger partial charge in [0.05, 0.1) is 22.7 Å². The second kappa shape index (κ2) is 11.0. The van der Waals surface area contributed by atoms with Crippen LogP contribution in [0.3, 0.4) is 0 Å². The summed E-state index contributed by atoms with van der Waals surface area (Å²) in [5.74, 6) is 0.420. The van der Waals surface area contributed by atoms with Crippen LogP contribution in [-0.2, 0) is 4.79 Å². The summed E-state index contributed by atoms with van der Waals surface area (Å²) < 4.78 is 11.6. The molecule has 3 aromatic rings. The Morgan fingerprint density at radius 3 is 2.73 bits per heavy atom. The summed E-state index contributed by atoms with van der Waals surface area (Å²) in [5.41, 5.74) is 4.74. The number of methoxy groups -OCH3 is 1. The third kappa shape index (κ3) is 6.50. The molecule has 2 N–H and O–H groups in total. The molecule has 0 fully saturated rings. The highest BCUT2D eigenvalue weighted by molar-refractivity contribution is 9.10. The molecule has 0 bridgehead atoms. The van der Waals surface area contributed by atoms with Gasteiger partial charge in [0.15, 0.2) is 18.1 Å². The van der Waals surface area contributed by atoms with Crippen molar-refractivity contribution in [2.45, 2.75) is 6.92 Å². The number of carbonyl (C=O) groups excluding carboxylic acids is 1. The highest BCUT2D eigenvalue weighted by Gasteiger charge is 2.15. The van der Waals surface area contributed by atoms with E-state index in [0.29, 0.717) is 27.2 Å². The first kappa shape index (κ1) is 23.7. The number of amides is 1. The maximum absolute atomic E-state index is 12.2. The second-order valence-electron chi connectivity index (χ2n) is 6.74. The first-order chi connectivity index (χ1) is 15.9. The van der Waals surface area contributed by atoms with E-state index in [4.69, 9.17) is 9.47 Å². The predicted molar refractivity (Wildman–Crippen MR) is 128 cm³/mol. The highest BCUT2D eigenvalue weighted by Crippen LogP contribution is 2.36. The molecule has 170 valence electrons. The molecule has 0 aliphatic heterocycles. The molecule has 10 nitrogen and oxygen atoms in total. The zero-order valence-electron chi connectivity index (χ0n) is 17.7. The summed E-state index contributed by atoms with van der Waals surface area (Å²) in [6.45, 7) is 1.74. The Morgan fingerprint density at radius 2 is 2.03 bits per heavy atom. The van der Waals surface area contributed by atoms with Crippen LogP contribution in [0.1, 0.15) is 11.1 Å². The van der Waals surface area contributed by atoms with Gasteiger partial charge in [-0.1, -0.05) is 17.7 Å². The normalized spacial score (nSPS) is 10.6. The van der Waals surface area contributed by atoms with Crippen molar-refractivity contribution in [1.29, 1.82) is 0 Å². The first-order valence-corrected chi connectivity index (χ1v) is 10.4. The van der Waals surface area contributed by atoms with Crippen molar-refractivity contribution >= 4 is 45.2 Å². The fourth-order valence-corrected chi connectivity index (χ4v) is 3.30. The van der Waals surface area contributed by atoms with E-state index in [9.17, 15) is 14.9 Å². The van der Waals surface area contributed by atoms with Crippen molar-refractivity contribution in [1.82, 2.24) is 4.98 Å². The molecule has 33 heavy (non-hydrogen) atoms. The van der Waals surface area contributed by atoms with Gasteiger partial charge in [0, 0.05) is 18.0 Å². The number of halogens is 1. The van der Waals surface area contributed by atoms with Gasteiger partial charge in [-0.05, 0) is 58.7 Å². The highest BCUT2D eigenvalue weighted by atomic mass is 79.9. The van der Waals surface area contributed by atoms with Gasteiger partial charge in [-0.25, -0.2) is 4.98 Å². The number of anilines is 2. The van der Waals surface area contributed by atoms with Crippen molar-refractivity contribution in [2.75, 3.05) is 24.5 Å². The SMILES string of the molecule is COc1cc(/C=N\Nc2ncccc2[N+](=O)[O-])cc(Br)c1OCC(=O)Nc1ccc(C)cc1. The molecule has 0 radical (unpaired) electrons. The van der Waals surface area contributed by atoms with Crippen LogP contribution >= 0.6 is 15.9 Å². The molecule has 1 heterocycles. The van der Waals surface area contributed by atoms with Gasteiger partial charge < -0.3 is 14.8 Å². The summed E-state index contributed by atoms with van der Waals surface area (Å²) in [5, 5.41) is 17.8. The summed E-state index contributed by atoms with van der Waals surface area (Å²) in [4.78, 5) is 26.6. The number of nitrogens with one attached hydrogen (secondary N) is 2. The first-order valence-electron chi connectivity index (χ1n) is 9.62. The van der Waals surface area contributed by atoms with E-state index < -0.39 is 4.92 Å². The molecule has 1 aromatic heterocycles. The molecule has 0 aliphatic rings. The lowest BCUT2D eigenvalue weighted by Crippen LogP contribution is -2.20. The number of hydrogen-bond acceptors (Lipinski definition) is 8. The van der Waals surface area contributed by atoms with E-state index in [0.717, 1.165) is 5.56 Å². The molecule has 2 aromatic carbocycles. The number of nitro groups is 1. The van der Waals surface area contributed by atoms with Crippen molar-refractivity contribution in [3.8, 4) is 11.5 Å². The maximum Gasteiger partial charge on any atom is 0.313 e. The largest absolute Gasteiger partial charge is 0.493 e. The Balaban J connectivity index is 1.66. The van der Waals surface area contributed by atoms with Crippen LogP contribution < -0.4 is 20.2 Å². The van der Waals surface area contributed by atoms with Gasteiger partial charge in [-0.3, -0.25) is 20.3 Å². The Labute approximate surface area is 197 Å². The third-order valence-corrected chi connectivity index (χ3v) is 4.89. The Kier molecular flexibility index (Phi) is 7.92. The Morgan fingerprint density at radius 1 is 1.27 bits per heavy atom. The van der Waals surface area contributed by atoms with Crippen molar-refractivity contribution < 1.29 is 19.2 Å². The third-order valence-electron chi connectivity index (χ3n) is 4.30. The van der Waals surface area contributed by atoms with Crippen LogP contribution in [0.2, 0.25) is 0 Å². The number of benzene rings is 2. The summed E-state index contributed by atoms with van der Waals surface area (Å²) in [6.07, 6.45) is 2.87. The Bertz CT molecular complexity index is 1180. The van der Waals surface area contributed by atoms with Crippen LogP contribution in [0.4, 0.5) is 17.2 Å². The van der Waals surface area contributed by atoms with Crippen molar-refractivity contribution in [3.05, 3.63) is 80.4 Å². The van der Waals surface area contributed by atoms with E-state index in [1.165, 1.54) is 31.7 Å². The van der Waals surface area contributed by atoms with E-state index in [1.54, 1.807) is 12.1 Å². The van der Waals surface area contributed by atoms with Gasteiger partial charge in [-0.15, -0.1) is 0 Å². The maximum atomic E-state index is 12.2. The zero-order valence-corrected chi connectivity index (χ0v) is 19.3. The molecular formula is C22H20BrN5O5. The van der Waals surface area contributed by atoms with Crippen LogP contribution in [0.15, 0.2) is 64.3 Å². The van der Waals surface area contributed by atoms with Gasteiger partial charge >= 0.3 is 5.69 Å². The van der Waals surface area contributed by atoms with Crippen LogP contribution in [0.5, 0.6) is 11.5 Å². The number of carbonyl (C=O) groups is 1. The number of ether oxygens (including phenoxy) is 2. The minimum atomic E-state index is -0.550. The molecule has 0 atom stereocenters. The summed E-state index contributed by atoms with van der Waals surface area (Å²) in [7, 11) is 1.47. The van der Waals surface area contributed by atoms with E-state index in [-0.39, 0.29) is 24.0 Å². The van der Waals surface area contributed by atoms with Crippen molar-refractivity contribution in [3.63, 3.8) is 0 Å². The van der Waals surface area contributed by atoms with Gasteiger partial charge in [0.1, 0.15) is 0 Å². The molecule has 0 unspecified atom stereocenters. The number of aromatic nitrogens is 1. The number of rotatable bonds is 9. The lowest BCUT2D eigenvalue weighted by molar-refractivity contribution is -0.384. The fourth-order valence-electron chi connectivity index (χ4n) is 2.72. The molecule has 3 rings (SSSR count). The number of aryl methyl sites for hydroxylation is 1. The molecule has 11 heteroatoms. The number of pyridine rings is 1.